The SMILES string of the molecule is Cc1ccsc1C1(O)CC1C. The van der Waals surface area contributed by atoms with Crippen molar-refractivity contribution < 1.29 is 5.11 Å². The first-order valence-electron chi connectivity index (χ1n) is 3.91. The van der Waals surface area contributed by atoms with E-state index in [1.54, 1.807) is 11.3 Å². The van der Waals surface area contributed by atoms with E-state index < -0.39 is 5.60 Å². The number of aryl methyl sites for hydroxylation is 1. The Bertz CT molecular complexity index is 279. The lowest BCUT2D eigenvalue weighted by Gasteiger charge is -2.06. The third-order valence-electron chi connectivity index (χ3n) is 2.53. The maximum Gasteiger partial charge on any atom is 0.102 e. The monoisotopic (exact) mass is 168 g/mol. The predicted octanol–water partition coefficient (Wildman–Crippen LogP) is 2.28. The van der Waals surface area contributed by atoms with Gasteiger partial charge < -0.3 is 5.11 Å². The summed E-state index contributed by atoms with van der Waals surface area (Å²) in [5.74, 6) is 0.458. The fourth-order valence-corrected chi connectivity index (χ4v) is 2.69. The molecule has 1 N–H and O–H groups in total. The summed E-state index contributed by atoms with van der Waals surface area (Å²) >= 11 is 1.67. The van der Waals surface area contributed by atoms with Gasteiger partial charge in [0.05, 0.1) is 0 Å². The molecular formula is C9H12OS. The van der Waals surface area contributed by atoms with Crippen LogP contribution in [0.15, 0.2) is 11.4 Å². The second kappa shape index (κ2) is 2.08. The Morgan fingerprint density at radius 3 is 2.73 bits per heavy atom. The van der Waals surface area contributed by atoms with E-state index in [0.29, 0.717) is 5.92 Å². The van der Waals surface area contributed by atoms with Crippen LogP contribution in [0.1, 0.15) is 23.8 Å². The van der Waals surface area contributed by atoms with Crippen molar-refractivity contribution in [2.24, 2.45) is 5.92 Å². The zero-order valence-corrected chi connectivity index (χ0v) is 7.61. The summed E-state index contributed by atoms with van der Waals surface area (Å²) in [7, 11) is 0. The van der Waals surface area contributed by atoms with Crippen LogP contribution in [0.4, 0.5) is 0 Å². The van der Waals surface area contributed by atoms with E-state index in [2.05, 4.69) is 19.9 Å². The van der Waals surface area contributed by atoms with Gasteiger partial charge in [0.1, 0.15) is 5.60 Å². The second-order valence-electron chi connectivity index (χ2n) is 3.46. The molecule has 1 aliphatic carbocycles. The molecule has 60 valence electrons. The smallest absolute Gasteiger partial charge is 0.102 e. The molecule has 1 aliphatic rings. The first-order valence-corrected chi connectivity index (χ1v) is 4.79. The van der Waals surface area contributed by atoms with Gasteiger partial charge >= 0.3 is 0 Å². The lowest BCUT2D eigenvalue weighted by atomic mass is 10.1. The minimum absolute atomic E-state index is 0.458. The average Bonchev–Trinajstić information content (AvgIpc) is 2.43. The minimum atomic E-state index is -0.460. The van der Waals surface area contributed by atoms with Crippen LogP contribution in [-0.2, 0) is 5.60 Å². The van der Waals surface area contributed by atoms with Gasteiger partial charge in [0.15, 0.2) is 0 Å². The van der Waals surface area contributed by atoms with Gasteiger partial charge in [0, 0.05) is 4.88 Å². The lowest BCUT2D eigenvalue weighted by molar-refractivity contribution is 0.138. The van der Waals surface area contributed by atoms with Crippen LogP contribution in [0.25, 0.3) is 0 Å². The van der Waals surface area contributed by atoms with Gasteiger partial charge in [-0.15, -0.1) is 11.3 Å². The maximum atomic E-state index is 9.95. The van der Waals surface area contributed by atoms with Crippen molar-refractivity contribution in [3.05, 3.63) is 21.9 Å². The Morgan fingerprint density at radius 2 is 2.36 bits per heavy atom. The maximum absolute atomic E-state index is 9.95. The van der Waals surface area contributed by atoms with Gasteiger partial charge in [-0.05, 0) is 36.3 Å². The molecule has 0 radical (unpaired) electrons. The van der Waals surface area contributed by atoms with E-state index >= 15 is 0 Å². The van der Waals surface area contributed by atoms with Crippen LogP contribution in [0.5, 0.6) is 0 Å². The summed E-state index contributed by atoms with van der Waals surface area (Å²) < 4.78 is 0. The summed E-state index contributed by atoms with van der Waals surface area (Å²) in [6.07, 6.45) is 0.939. The highest BCUT2D eigenvalue weighted by Gasteiger charge is 2.52. The number of hydrogen-bond acceptors (Lipinski definition) is 2. The molecule has 1 heterocycles. The molecule has 1 saturated carbocycles. The first kappa shape index (κ1) is 7.32. The number of thiophene rings is 1. The summed E-state index contributed by atoms with van der Waals surface area (Å²) in [4.78, 5) is 1.17. The van der Waals surface area contributed by atoms with E-state index in [0.717, 1.165) is 6.42 Å². The Labute approximate surface area is 70.7 Å². The largest absolute Gasteiger partial charge is 0.384 e. The molecule has 2 rings (SSSR count). The summed E-state index contributed by atoms with van der Waals surface area (Å²) in [6.45, 7) is 4.16. The minimum Gasteiger partial charge on any atom is -0.384 e. The molecule has 0 bridgehead atoms. The molecule has 1 aromatic heterocycles. The lowest BCUT2D eigenvalue weighted by Crippen LogP contribution is -2.05. The molecule has 0 aliphatic heterocycles. The number of rotatable bonds is 1. The summed E-state index contributed by atoms with van der Waals surface area (Å²) in [5, 5.41) is 12.0. The molecule has 2 atom stereocenters. The Kier molecular flexibility index (Phi) is 1.38. The van der Waals surface area contributed by atoms with E-state index in [9.17, 15) is 5.11 Å². The summed E-state index contributed by atoms with van der Waals surface area (Å²) in [5.41, 5.74) is 0.778. The molecular weight excluding hydrogens is 156 g/mol. The standard InChI is InChI=1S/C9H12OS/c1-6-3-4-11-8(6)9(10)5-7(9)2/h3-4,7,10H,5H2,1-2H3. The Hall–Kier alpha value is -0.340. The normalized spacial score (nSPS) is 35.7. The van der Waals surface area contributed by atoms with Gasteiger partial charge in [-0.1, -0.05) is 6.92 Å². The van der Waals surface area contributed by atoms with E-state index in [1.165, 1.54) is 10.4 Å². The van der Waals surface area contributed by atoms with Crippen molar-refractivity contribution in [3.63, 3.8) is 0 Å². The Balaban J connectivity index is 2.37. The number of hydrogen-bond donors (Lipinski definition) is 1. The molecule has 11 heavy (non-hydrogen) atoms. The predicted molar refractivity (Wildman–Crippen MR) is 46.7 cm³/mol. The fourth-order valence-electron chi connectivity index (χ4n) is 1.54. The molecule has 2 heteroatoms. The molecule has 0 aromatic carbocycles. The molecule has 0 amide bonds. The van der Waals surface area contributed by atoms with Crippen LogP contribution in [0.2, 0.25) is 0 Å². The van der Waals surface area contributed by atoms with Crippen molar-refractivity contribution >= 4 is 11.3 Å². The number of aliphatic hydroxyl groups is 1. The topological polar surface area (TPSA) is 20.2 Å². The first-order chi connectivity index (χ1) is 5.14. The Morgan fingerprint density at radius 1 is 1.73 bits per heavy atom. The molecule has 0 spiro atoms. The fraction of sp³-hybridized carbons (Fsp3) is 0.556. The van der Waals surface area contributed by atoms with Gasteiger partial charge in [-0.2, -0.15) is 0 Å². The highest BCUT2D eigenvalue weighted by atomic mass is 32.1. The van der Waals surface area contributed by atoms with Crippen molar-refractivity contribution in [1.29, 1.82) is 0 Å². The highest BCUT2D eigenvalue weighted by Crippen LogP contribution is 2.53. The van der Waals surface area contributed by atoms with Gasteiger partial charge in [0.25, 0.3) is 0 Å². The molecule has 1 aromatic rings. The quantitative estimate of drug-likeness (QED) is 0.682. The van der Waals surface area contributed by atoms with E-state index in [1.807, 2.05) is 5.38 Å². The van der Waals surface area contributed by atoms with Crippen LogP contribution in [0.3, 0.4) is 0 Å². The van der Waals surface area contributed by atoms with Crippen LogP contribution in [0, 0.1) is 12.8 Å². The van der Waals surface area contributed by atoms with Crippen molar-refractivity contribution in [3.8, 4) is 0 Å². The average molecular weight is 168 g/mol. The van der Waals surface area contributed by atoms with Gasteiger partial charge in [-0.3, -0.25) is 0 Å². The zero-order valence-electron chi connectivity index (χ0n) is 6.79. The molecule has 1 nitrogen and oxygen atoms in total. The highest BCUT2D eigenvalue weighted by molar-refractivity contribution is 7.10. The third kappa shape index (κ3) is 0.932. The van der Waals surface area contributed by atoms with E-state index in [-0.39, 0.29) is 0 Å². The molecule has 0 saturated heterocycles. The summed E-state index contributed by atoms with van der Waals surface area (Å²) in [6, 6.07) is 2.07. The second-order valence-corrected chi connectivity index (χ2v) is 4.38. The van der Waals surface area contributed by atoms with Crippen LogP contribution < -0.4 is 0 Å². The van der Waals surface area contributed by atoms with Crippen molar-refractivity contribution in [2.75, 3.05) is 0 Å². The van der Waals surface area contributed by atoms with Crippen LogP contribution >= 0.6 is 11.3 Å². The van der Waals surface area contributed by atoms with Gasteiger partial charge in [-0.25, -0.2) is 0 Å². The van der Waals surface area contributed by atoms with E-state index in [4.69, 9.17) is 0 Å². The third-order valence-corrected chi connectivity index (χ3v) is 3.71. The van der Waals surface area contributed by atoms with Crippen LogP contribution in [-0.4, -0.2) is 5.11 Å². The molecule has 2 unspecified atom stereocenters. The zero-order chi connectivity index (χ0) is 8.06. The van der Waals surface area contributed by atoms with Crippen molar-refractivity contribution in [2.45, 2.75) is 25.9 Å². The van der Waals surface area contributed by atoms with Crippen molar-refractivity contribution in [1.82, 2.24) is 0 Å². The molecule has 1 fully saturated rings. The van der Waals surface area contributed by atoms with Gasteiger partial charge in [0.2, 0.25) is 0 Å².